The molecule has 5 aliphatic carbocycles. The normalized spacial score (nSPS) is 46.2. The minimum Gasteiger partial charge on any atom is -0.271 e. The quantitative estimate of drug-likeness (QED) is 0.768. The first kappa shape index (κ1) is 15.1. The molecular weight excluding hydrogens is 303 g/mol. The number of hydrogen-bond acceptors (Lipinski definition) is 2. The van der Waals surface area contributed by atoms with Crippen LogP contribution in [-0.4, -0.2) is 33.5 Å². The second-order valence-corrected chi connectivity index (χ2v) is 9.23. The fraction of sp³-hybridized carbons (Fsp3) is 0.750. The first-order chi connectivity index (χ1) is 11.4. The molecule has 6 aliphatic rings. The number of hydrazine groups is 1. The number of carbonyl (C=O) groups excluding carboxylic acids is 1. The van der Waals surface area contributed by atoms with E-state index >= 15 is 0 Å². The fourth-order valence-electron chi connectivity index (χ4n) is 6.61. The Morgan fingerprint density at radius 3 is 2.25 bits per heavy atom. The Kier molecular flexibility index (Phi) is 3.11. The third-order valence-corrected chi connectivity index (χ3v) is 7.34. The molecule has 4 bridgehead atoms. The van der Waals surface area contributed by atoms with Crippen molar-refractivity contribution in [3.05, 3.63) is 24.1 Å². The van der Waals surface area contributed by atoms with Crippen LogP contribution in [0.15, 0.2) is 24.1 Å². The maximum absolute atomic E-state index is 13.4. The van der Waals surface area contributed by atoms with Crippen molar-refractivity contribution in [2.75, 3.05) is 0 Å². The molecule has 1 saturated heterocycles. The average molecular weight is 330 g/mol. The molecular formula is C20H27FN2O. The van der Waals surface area contributed by atoms with Gasteiger partial charge in [0.15, 0.2) is 0 Å². The lowest BCUT2D eigenvalue weighted by atomic mass is 9.53. The molecule has 0 aromatic carbocycles. The molecule has 5 fully saturated rings. The van der Waals surface area contributed by atoms with Crippen LogP contribution in [0.5, 0.6) is 0 Å². The lowest BCUT2D eigenvalue weighted by molar-refractivity contribution is -0.256. The first-order valence-electron chi connectivity index (χ1n) is 9.62. The number of nitrogens with zero attached hydrogens (tertiary/aromatic N) is 2. The summed E-state index contributed by atoms with van der Waals surface area (Å²) in [6.07, 6.45) is 12.5. The monoisotopic (exact) mass is 330 g/mol. The second-order valence-electron chi connectivity index (χ2n) is 9.23. The van der Waals surface area contributed by atoms with E-state index in [1.165, 1.54) is 32.1 Å². The zero-order chi connectivity index (χ0) is 16.6. The van der Waals surface area contributed by atoms with Crippen LogP contribution in [0.1, 0.15) is 52.4 Å². The van der Waals surface area contributed by atoms with Gasteiger partial charge >= 0.3 is 0 Å². The smallest absolute Gasteiger partial charge is 0.258 e. The Bertz CT molecular complexity index is 610. The molecule has 0 aromatic rings. The van der Waals surface area contributed by atoms with Crippen LogP contribution in [0, 0.1) is 23.7 Å². The van der Waals surface area contributed by atoms with Crippen LogP contribution < -0.4 is 0 Å². The summed E-state index contributed by atoms with van der Waals surface area (Å²) in [5.74, 6) is 3.30. The summed E-state index contributed by atoms with van der Waals surface area (Å²) < 4.78 is 13.4. The second kappa shape index (κ2) is 4.94. The summed E-state index contributed by atoms with van der Waals surface area (Å²) in [5.41, 5.74) is -0.467. The van der Waals surface area contributed by atoms with Gasteiger partial charge in [-0.1, -0.05) is 6.08 Å². The Hall–Kier alpha value is -1.16. The van der Waals surface area contributed by atoms with E-state index in [4.69, 9.17) is 0 Å². The van der Waals surface area contributed by atoms with Gasteiger partial charge in [0.05, 0.1) is 12.1 Å². The zero-order valence-corrected chi connectivity index (χ0v) is 14.6. The maximum atomic E-state index is 13.4. The SMILES string of the molecule is CC1(C)C(=O)N(C2C3CC4CC(C3)CC2C4)N1C1C=CC(F)=CC1. The van der Waals surface area contributed by atoms with E-state index < -0.39 is 5.54 Å². The predicted octanol–water partition coefficient (Wildman–Crippen LogP) is 3.83. The molecule has 130 valence electrons. The summed E-state index contributed by atoms with van der Waals surface area (Å²) in [6.45, 7) is 4.04. The summed E-state index contributed by atoms with van der Waals surface area (Å²) in [6, 6.07) is 0.497. The number of allylic oxidation sites excluding steroid dienone is 2. The van der Waals surface area contributed by atoms with Gasteiger partial charge in [-0.25, -0.2) is 4.39 Å². The summed E-state index contributed by atoms with van der Waals surface area (Å²) >= 11 is 0. The van der Waals surface area contributed by atoms with Crippen molar-refractivity contribution in [1.82, 2.24) is 10.0 Å². The molecule has 6 rings (SSSR count). The van der Waals surface area contributed by atoms with E-state index in [1.54, 1.807) is 12.2 Å². The van der Waals surface area contributed by atoms with Gasteiger partial charge in [0.25, 0.3) is 5.91 Å². The van der Waals surface area contributed by atoms with E-state index in [0.29, 0.717) is 24.3 Å². The number of halogens is 1. The van der Waals surface area contributed by atoms with E-state index in [-0.39, 0.29) is 17.8 Å². The molecule has 3 nitrogen and oxygen atoms in total. The molecule has 1 heterocycles. The largest absolute Gasteiger partial charge is 0.271 e. The lowest BCUT2D eigenvalue weighted by Gasteiger charge is -2.66. The number of amides is 1. The third-order valence-electron chi connectivity index (χ3n) is 7.34. The van der Waals surface area contributed by atoms with Crippen LogP contribution in [0.3, 0.4) is 0 Å². The molecule has 0 N–H and O–H groups in total. The Balaban J connectivity index is 1.44. The molecule has 1 aliphatic heterocycles. The highest BCUT2D eigenvalue weighted by molar-refractivity contribution is 5.90. The van der Waals surface area contributed by atoms with E-state index in [1.807, 2.05) is 19.9 Å². The van der Waals surface area contributed by atoms with Gasteiger partial charge in [-0.2, -0.15) is 5.01 Å². The first-order valence-corrected chi connectivity index (χ1v) is 9.62. The standard InChI is InChI=1S/C20H27FN2O/c1-20(2)19(24)22(23(20)17-5-3-16(21)4-6-17)18-14-8-12-7-13(10-14)11-15(18)9-12/h3-5,12-15,17-18H,6-11H2,1-2H3. The molecule has 0 aromatic heterocycles. The molecule has 4 heteroatoms. The van der Waals surface area contributed by atoms with Crippen molar-refractivity contribution in [3.63, 3.8) is 0 Å². The van der Waals surface area contributed by atoms with Gasteiger partial charge in [-0.3, -0.25) is 9.80 Å². The molecule has 0 spiro atoms. The van der Waals surface area contributed by atoms with Crippen molar-refractivity contribution in [1.29, 1.82) is 0 Å². The summed E-state index contributed by atoms with van der Waals surface area (Å²) in [7, 11) is 0. The van der Waals surface area contributed by atoms with Gasteiger partial charge in [-0.15, -0.1) is 0 Å². The van der Waals surface area contributed by atoms with Crippen molar-refractivity contribution in [2.24, 2.45) is 23.7 Å². The number of hydrogen-bond donors (Lipinski definition) is 0. The zero-order valence-electron chi connectivity index (χ0n) is 14.6. The molecule has 1 amide bonds. The number of carbonyl (C=O) groups is 1. The van der Waals surface area contributed by atoms with Crippen molar-refractivity contribution in [2.45, 2.75) is 70.0 Å². The Morgan fingerprint density at radius 2 is 1.71 bits per heavy atom. The minimum absolute atomic E-state index is 0.106. The lowest BCUT2D eigenvalue weighted by Crippen LogP contribution is -2.81. The minimum atomic E-state index is -0.467. The molecule has 0 radical (unpaired) electrons. The van der Waals surface area contributed by atoms with Gasteiger partial charge in [-0.05, 0) is 88.2 Å². The van der Waals surface area contributed by atoms with Gasteiger partial charge in [0.1, 0.15) is 11.4 Å². The van der Waals surface area contributed by atoms with Crippen molar-refractivity contribution >= 4 is 5.91 Å². The Morgan fingerprint density at radius 1 is 1.08 bits per heavy atom. The van der Waals surface area contributed by atoms with Crippen molar-refractivity contribution in [3.8, 4) is 0 Å². The van der Waals surface area contributed by atoms with E-state index in [2.05, 4.69) is 10.0 Å². The van der Waals surface area contributed by atoms with Gasteiger partial charge < -0.3 is 0 Å². The van der Waals surface area contributed by atoms with Gasteiger partial charge in [0, 0.05) is 0 Å². The van der Waals surface area contributed by atoms with E-state index in [0.717, 1.165) is 11.8 Å². The fourth-order valence-corrected chi connectivity index (χ4v) is 6.61. The maximum Gasteiger partial charge on any atom is 0.258 e. The van der Waals surface area contributed by atoms with Crippen LogP contribution in [0.4, 0.5) is 4.39 Å². The van der Waals surface area contributed by atoms with Crippen LogP contribution in [-0.2, 0) is 4.79 Å². The Labute approximate surface area is 143 Å². The van der Waals surface area contributed by atoms with Crippen LogP contribution >= 0.6 is 0 Å². The summed E-state index contributed by atoms with van der Waals surface area (Å²) in [5, 5.41) is 4.38. The summed E-state index contributed by atoms with van der Waals surface area (Å²) in [4.78, 5) is 13.0. The van der Waals surface area contributed by atoms with Gasteiger partial charge in [0.2, 0.25) is 0 Å². The topological polar surface area (TPSA) is 23.6 Å². The third kappa shape index (κ3) is 1.95. The molecule has 24 heavy (non-hydrogen) atoms. The van der Waals surface area contributed by atoms with Crippen molar-refractivity contribution < 1.29 is 9.18 Å². The van der Waals surface area contributed by atoms with E-state index in [9.17, 15) is 9.18 Å². The molecule has 1 atom stereocenters. The van der Waals surface area contributed by atoms with Crippen LogP contribution in [0.25, 0.3) is 0 Å². The molecule has 1 unspecified atom stereocenters. The highest BCUT2D eigenvalue weighted by Gasteiger charge is 2.62. The number of rotatable bonds is 2. The highest BCUT2D eigenvalue weighted by atomic mass is 19.1. The highest BCUT2D eigenvalue weighted by Crippen LogP contribution is 2.57. The average Bonchev–Trinajstić information content (AvgIpc) is 2.54. The van der Waals surface area contributed by atoms with Crippen LogP contribution in [0.2, 0.25) is 0 Å². The molecule has 4 saturated carbocycles. The predicted molar refractivity (Wildman–Crippen MR) is 90.3 cm³/mol.